The van der Waals surface area contributed by atoms with Crippen molar-refractivity contribution in [1.82, 2.24) is 15.0 Å². The Balaban J connectivity index is 1.43. The van der Waals surface area contributed by atoms with E-state index in [0.29, 0.717) is 49.9 Å². The second kappa shape index (κ2) is 6.34. The summed E-state index contributed by atoms with van der Waals surface area (Å²) in [6.07, 6.45) is 0.729. The maximum absolute atomic E-state index is 12.5. The van der Waals surface area contributed by atoms with Crippen LogP contribution in [0.2, 0.25) is 0 Å². The van der Waals surface area contributed by atoms with Gasteiger partial charge in [0.1, 0.15) is 12.7 Å². The Hall–Kier alpha value is -1.47. The Kier molecular flexibility index (Phi) is 4.44. The molecule has 0 spiro atoms. The largest absolute Gasteiger partial charge is 0.368 e. The van der Waals surface area contributed by atoms with Gasteiger partial charge in [0.25, 0.3) is 11.8 Å². The number of aryl methyl sites for hydroxylation is 1. The zero-order valence-electron chi connectivity index (χ0n) is 13.3. The standard InChI is InChI=1S/C15H23N3O4/c1-9(2)12-4-5-20-14(12)15(19)18-6-11(7-18)21-8-13-16-10(3)17-22-13/h9,11-12,14H,4-8H2,1-3H3/t12-,14-/m1/s1. The molecule has 0 N–H and O–H groups in total. The predicted molar refractivity (Wildman–Crippen MR) is 76.9 cm³/mol. The van der Waals surface area contributed by atoms with Crippen LogP contribution >= 0.6 is 0 Å². The molecule has 7 nitrogen and oxygen atoms in total. The van der Waals surface area contributed by atoms with Crippen molar-refractivity contribution in [2.75, 3.05) is 19.7 Å². The molecule has 0 aliphatic carbocycles. The van der Waals surface area contributed by atoms with Gasteiger partial charge in [-0.2, -0.15) is 4.98 Å². The topological polar surface area (TPSA) is 77.7 Å². The molecular formula is C15H23N3O4. The van der Waals surface area contributed by atoms with E-state index in [0.717, 1.165) is 6.42 Å². The van der Waals surface area contributed by atoms with Gasteiger partial charge >= 0.3 is 0 Å². The van der Waals surface area contributed by atoms with E-state index in [-0.39, 0.29) is 18.1 Å². The number of likely N-dealkylation sites (tertiary alicyclic amines) is 1. The lowest BCUT2D eigenvalue weighted by Gasteiger charge is -2.40. The first-order valence-electron chi connectivity index (χ1n) is 7.85. The van der Waals surface area contributed by atoms with Gasteiger partial charge in [0.2, 0.25) is 0 Å². The number of nitrogens with zero attached hydrogens (tertiary/aromatic N) is 3. The fourth-order valence-electron chi connectivity index (χ4n) is 3.03. The van der Waals surface area contributed by atoms with E-state index in [9.17, 15) is 4.79 Å². The van der Waals surface area contributed by atoms with E-state index in [1.54, 1.807) is 6.92 Å². The summed E-state index contributed by atoms with van der Waals surface area (Å²) in [6.45, 7) is 8.25. The van der Waals surface area contributed by atoms with Crippen LogP contribution in [0.4, 0.5) is 0 Å². The molecule has 1 amide bonds. The zero-order chi connectivity index (χ0) is 15.7. The molecule has 0 saturated carbocycles. The van der Waals surface area contributed by atoms with Crippen LogP contribution in [0, 0.1) is 18.8 Å². The molecule has 122 valence electrons. The Morgan fingerprint density at radius 2 is 2.23 bits per heavy atom. The quantitative estimate of drug-likeness (QED) is 0.812. The molecule has 2 atom stereocenters. The molecule has 0 unspecified atom stereocenters. The Morgan fingerprint density at radius 1 is 1.45 bits per heavy atom. The van der Waals surface area contributed by atoms with Crippen molar-refractivity contribution in [3.8, 4) is 0 Å². The van der Waals surface area contributed by atoms with Gasteiger partial charge in [0.05, 0.1) is 6.10 Å². The summed E-state index contributed by atoms with van der Waals surface area (Å²) < 4.78 is 16.3. The van der Waals surface area contributed by atoms with E-state index in [1.165, 1.54) is 0 Å². The molecule has 3 heterocycles. The number of rotatable bonds is 5. The molecule has 1 aromatic heterocycles. The first-order chi connectivity index (χ1) is 10.5. The lowest BCUT2D eigenvalue weighted by atomic mass is 9.88. The fraction of sp³-hybridized carbons (Fsp3) is 0.800. The number of carbonyl (C=O) groups excluding carboxylic acids is 1. The minimum absolute atomic E-state index is 0.0371. The summed E-state index contributed by atoms with van der Waals surface area (Å²) in [4.78, 5) is 18.4. The van der Waals surface area contributed by atoms with Gasteiger partial charge in [0, 0.05) is 19.7 Å². The van der Waals surface area contributed by atoms with Crippen LogP contribution < -0.4 is 0 Å². The summed E-state index contributed by atoms with van der Waals surface area (Å²) in [5, 5.41) is 3.71. The second-order valence-corrected chi connectivity index (χ2v) is 6.40. The van der Waals surface area contributed by atoms with E-state index in [1.807, 2.05) is 4.90 Å². The number of aromatic nitrogens is 2. The Labute approximate surface area is 129 Å². The van der Waals surface area contributed by atoms with Crippen LogP contribution in [0.5, 0.6) is 0 Å². The highest BCUT2D eigenvalue weighted by Crippen LogP contribution is 2.30. The molecule has 2 aliphatic rings. The molecule has 2 saturated heterocycles. The summed E-state index contributed by atoms with van der Waals surface area (Å²) in [6, 6.07) is 0. The minimum atomic E-state index is -0.278. The van der Waals surface area contributed by atoms with E-state index < -0.39 is 0 Å². The van der Waals surface area contributed by atoms with E-state index in [4.69, 9.17) is 14.0 Å². The van der Waals surface area contributed by atoms with Gasteiger partial charge in [-0.05, 0) is 25.2 Å². The maximum atomic E-state index is 12.5. The van der Waals surface area contributed by atoms with Crippen LogP contribution in [0.15, 0.2) is 4.52 Å². The molecule has 2 fully saturated rings. The summed E-state index contributed by atoms with van der Waals surface area (Å²) in [5.41, 5.74) is 0. The third-order valence-corrected chi connectivity index (χ3v) is 4.41. The van der Waals surface area contributed by atoms with Gasteiger partial charge < -0.3 is 18.9 Å². The lowest BCUT2D eigenvalue weighted by Crippen LogP contribution is -2.58. The molecular weight excluding hydrogens is 286 g/mol. The summed E-state index contributed by atoms with van der Waals surface area (Å²) in [5.74, 6) is 1.97. The normalized spacial score (nSPS) is 25.7. The van der Waals surface area contributed by atoms with Gasteiger partial charge in [-0.3, -0.25) is 4.79 Å². The smallest absolute Gasteiger partial charge is 0.252 e. The molecule has 3 rings (SSSR count). The highest BCUT2D eigenvalue weighted by molar-refractivity contribution is 5.82. The van der Waals surface area contributed by atoms with Crippen molar-refractivity contribution in [3.63, 3.8) is 0 Å². The highest BCUT2D eigenvalue weighted by atomic mass is 16.5. The molecule has 0 radical (unpaired) electrons. The first kappa shape index (κ1) is 15.4. The maximum Gasteiger partial charge on any atom is 0.252 e. The van der Waals surface area contributed by atoms with Gasteiger partial charge in [-0.25, -0.2) is 0 Å². The molecule has 0 aromatic carbocycles. The zero-order valence-corrected chi connectivity index (χ0v) is 13.3. The third kappa shape index (κ3) is 3.15. The van der Waals surface area contributed by atoms with Gasteiger partial charge in [-0.1, -0.05) is 19.0 Å². The van der Waals surface area contributed by atoms with Crippen LogP contribution in [-0.4, -0.2) is 52.9 Å². The van der Waals surface area contributed by atoms with Gasteiger partial charge in [-0.15, -0.1) is 0 Å². The van der Waals surface area contributed by atoms with Crippen molar-refractivity contribution in [1.29, 1.82) is 0 Å². The average molecular weight is 309 g/mol. The van der Waals surface area contributed by atoms with Crippen LogP contribution in [0.1, 0.15) is 32.0 Å². The highest BCUT2D eigenvalue weighted by Gasteiger charge is 2.42. The number of carbonyl (C=O) groups is 1. The first-order valence-corrected chi connectivity index (χ1v) is 7.85. The molecule has 2 aliphatic heterocycles. The Bertz CT molecular complexity index is 525. The monoisotopic (exact) mass is 309 g/mol. The van der Waals surface area contributed by atoms with Crippen molar-refractivity contribution in [2.45, 2.75) is 46.0 Å². The predicted octanol–water partition coefficient (Wildman–Crippen LogP) is 1.17. The lowest BCUT2D eigenvalue weighted by molar-refractivity contribution is -0.158. The van der Waals surface area contributed by atoms with Crippen LogP contribution in [-0.2, 0) is 20.9 Å². The second-order valence-electron chi connectivity index (χ2n) is 6.40. The summed E-state index contributed by atoms with van der Waals surface area (Å²) in [7, 11) is 0. The third-order valence-electron chi connectivity index (χ3n) is 4.41. The van der Waals surface area contributed by atoms with Crippen molar-refractivity contribution >= 4 is 5.91 Å². The number of hydrogen-bond acceptors (Lipinski definition) is 6. The van der Waals surface area contributed by atoms with Crippen molar-refractivity contribution < 1.29 is 18.8 Å². The average Bonchev–Trinajstić information content (AvgIpc) is 3.05. The number of amides is 1. The SMILES string of the molecule is Cc1noc(COC2CN(C(=O)[C@@H]3OCC[C@@H]3C(C)C)C2)n1. The van der Waals surface area contributed by atoms with Crippen molar-refractivity contribution in [3.05, 3.63) is 11.7 Å². The fourth-order valence-corrected chi connectivity index (χ4v) is 3.03. The van der Waals surface area contributed by atoms with Gasteiger partial charge in [0.15, 0.2) is 5.82 Å². The Morgan fingerprint density at radius 3 is 2.86 bits per heavy atom. The minimum Gasteiger partial charge on any atom is -0.368 e. The molecule has 22 heavy (non-hydrogen) atoms. The van der Waals surface area contributed by atoms with E-state index >= 15 is 0 Å². The molecule has 1 aromatic rings. The van der Waals surface area contributed by atoms with E-state index in [2.05, 4.69) is 24.0 Å². The van der Waals surface area contributed by atoms with Crippen LogP contribution in [0.3, 0.4) is 0 Å². The van der Waals surface area contributed by atoms with Crippen LogP contribution in [0.25, 0.3) is 0 Å². The number of hydrogen-bond donors (Lipinski definition) is 0. The number of ether oxygens (including phenoxy) is 2. The molecule has 0 bridgehead atoms. The van der Waals surface area contributed by atoms with Crippen molar-refractivity contribution in [2.24, 2.45) is 11.8 Å². The molecule has 7 heteroatoms. The summed E-state index contributed by atoms with van der Waals surface area (Å²) >= 11 is 0.